The fourth-order valence-corrected chi connectivity index (χ4v) is 4.86. The number of nitro benzene ring substituents is 1. The molecule has 0 spiro atoms. The second-order valence-corrected chi connectivity index (χ2v) is 9.26. The Balaban J connectivity index is 1.24. The van der Waals surface area contributed by atoms with Crippen molar-refractivity contribution in [3.8, 4) is 0 Å². The molecule has 1 aliphatic heterocycles. The molecule has 198 valence electrons. The second kappa shape index (κ2) is 10.5. The third-order valence-electron chi connectivity index (χ3n) is 6.99. The van der Waals surface area contributed by atoms with Crippen LogP contribution in [0.25, 0.3) is 0 Å². The molecule has 2 aliphatic rings. The van der Waals surface area contributed by atoms with Gasteiger partial charge in [-0.3, -0.25) is 29.3 Å². The number of piperazine rings is 1. The van der Waals surface area contributed by atoms with Gasteiger partial charge < -0.3 is 20.2 Å². The minimum absolute atomic E-state index is 0.00574. The largest absolute Gasteiger partial charge is 0.394 e. The van der Waals surface area contributed by atoms with E-state index in [1.54, 1.807) is 36.4 Å². The maximum atomic E-state index is 13.1. The average molecular weight is 529 g/mol. The third-order valence-corrected chi connectivity index (χ3v) is 6.99. The lowest BCUT2D eigenvalue weighted by Gasteiger charge is -2.37. The van der Waals surface area contributed by atoms with Crippen LogP contribution in [0, 0.1) is 10.1 Å². The number of hydrogen-bond donors (Lipinski definition) is 2. The van der Waals surface area contributed by atoms with Gasteiger partial charge in [-0.05, 0) is 30.3 Å². The minimum Gasteiger partial charge on any atom is -0.394 e. The summed E-state index contributed by atoms with van der Waals surface area (Å²) in [5.74, 6) is -1.78. The molecule has 0 bridgehead atoms. The van der Waals surface area contributed by atoms with Gasteiger partial charge in [0.05, 0.1) is 11.5 Å². The Kier molecular flexibility index (Phi) is 6.90. The van der Waals surface area contributed by atoms with Gasteiger partial charge in [-0.2, -0.15) is 0 Å². The lowest BCUT2D eigenvalue weighted by molar-refractivity contribution is -0.384. The van der Waals surface area contributed by atoms with Crippen LogP contribution < -0.4 is 10.2 Å². The molecule has 1 aliphatic carbocycles. The van der Waals surface area contributed by atoms with Gasteiger partial charge in [0.1, 0.15) is 6.04 Å². The molecule has 1 heterocycles. The van der Waals surface area contributed by atoms with E-state index in [-0.39, 0.29) is 39.5 Å². The highest BCUT2D eigenvalue weighted by atomic mass is 16.6. The van der Waals surface area contributed by atoms with Crippen molar-refractivity contribution in [1.82, 2.24) is 10.2 Å². The fourth-order valence-electron chi connectivity index (χ4n) is 4.86. The monoisotopic (exact) mass is 528 g/mol. The van der Waals surface area contributed by atoms with Gasteiger partial charge in [0.25, 0.3) is 11.6 Å². The summed E-state index contributed by atoms with van der Waals surface area (Å²) in [4.78, 5) is 65.8. The summed E-state index contributed by atoms with van der Waals surface area (Å²) in [6, 6.07) is 15.6. The summed E-state index contributed by atoms with van der Waals surface area (Å²) < 4.78 is 0. The van der Waals surface area contributed by atoms with E-state index in [1.165, 1.54) is 35.2 Å². The minimum atomic E-state index is -1.20. The number of nitro groups is 1. The molecule has 2 N–H and O–H groups in total. The van der Waals surface area contributed by atoms with Crippen LogP contribution >= 0.6 is 0 Å². The Morgan fingerprint density at radius 3 is 2.05 bits per heavy atom. The van der Waals surface area contributed by atoms with Crippen molar-refractivity contribution in [3.63, 3.8) is 0 Å². The number of nitrogens with one attached hydrogen (secondary N) is 1. The van der Waals surface area contributed by atoms with Crippen molar-refractivity contribution >= 4 is 34.8 Å². The van der Waals surface area contributed by atoms with Crippen LogP contribution in [0.1, 0.15) is 42.2 Å². The first-order chi connectivity index (χ1) is 18.8. The number of hydrogen-bond acceptors (Lipinski definition) is 8. The Labute approximate surface area is 222 Å². The molecule has 0 unspecified atom stereocenters. The smallest absolute Gasteiger partial charge is 0.269 e. The van der Waals surface area contributed by atoms with Gasteiger partial charge in [-0.15, -0.1) is 0 Å². The van der Waals surface area contributed by atoms with E-state index in [4.69, 9.17) is 0 Å². The highest BCUT2D eigenvalue weighted by molar-refractivity contribution is 6.28. The van der Waals surface area contributed by atoms with Crippen molar-refractivity contribution in [2.24, 2.45) is 0 Å². The normalized spacial score (nSPS) is 15.3. The van der Waals surface area contributed by atoms with Crippen LogP contribution in [0.15, 0.2) is 66.7 Å². The number of carbonyl (C=O) groups is 4. The highest BCUT2D eigenvalue weighted by Gasteiger charge is 2.32. The predicted octanol–water partition coefficient (Wildman–Crippen LogP) is 1.81. The zero-order valence-corrected chi connectivity index (χ0v) is 20.7. The number of benzene rings is 3. The van der Waals surface area contributed by atoms with Crippen molar-refractivity contribution in [2.45, 2.75) is 6.04 Å². The van der Waals surface area contributed by atoms with Crippen LogP contribution in [-0.2, 0) is 4.79 Å². The molecule has 1 saturated heterocycles. The molecule has 3 aromatic carbocycles. The van der Waals surface area contributed by atoms with Crippen LogP contribution in [0.5, 0.6) is 0 Å². The molecule has 0 saturated carbocycles. The van der Waals surface area contributed by atoms with Crippen molar-refractivity contribution in [1.29, 1.82) is 0 Å². The Morgan fingerprint density at radius 2 is 1.46 bits per heavy atom. The topological polar surface area (TPSA) is 150 Å². The number of nitrogens with zero attached hydrogens (tertiary/aromatic N) is 3. The Hall–Kier alpha value is -4.90. The first-order valence-corrected chi connectivity index (χ1v) is 12.3. The van der Waals surface area contributed by atoms with E-state index in [0.29, 0.717) is 31.7 Å². The molecule has 2 amide bonds. The summed E-state index contributed by atoms with van der Waals surface area (Å²) in [5.41, 5.74) is 1.77. The van der Waals surface area contributed by atoms with Crippen LogP contribution in [0.2, 0.25) is 0 Å². The van der Waals surface area contributed by atoms with E-state index in [0.717, 1.165) is 5.69 Å². The molecule has 5 rings (SSSR count). The average Bonchev–Trinajstić information content (AvgIpc) is 2.98. The molecule has 1 fully saturated rings. The maximum Gasteiger partial charge on any atom is 0.269 e. The number of rotatable bonds is 6. The molecular formula is C28H24N4O7. The molecule has 1 atom stereocenters. The van der Waals surface area contributed by atoms with E-state index < -0.39 is 29.4 Å². The Bertz CT molecular complexity index is 1490. The molecule has 0 radical (unpaired) electrons. The molecule has 39 heavy (non-hydrogen) atoms. The Morgan fingerprint density at radius 1 is 0.872 bits per heavy atom. The summed E-state index contributed by atoms with van der Waals surface area (Å²) >= 11 is 0. The van der Waals surface area contributed by atoms with Crippen molar-refractivity contribution < 1.29 is 29.2 Å². The first kappa shape index (κ1) is 25.7. The van der Waals surface area contributed by atoms with Crippen LogP contribution in [0.3, 0.4) is 0 Å². The van der Waals surface area contributed by atoms with Gasteiger partial charge in [-0.1, -0.05) is 24.3 Å². The zero-order valence-electron chi connectivity index (χ0n) is 20.7. The molecular weight excluding hydrogens is 504 g/mol. The highest BCUT2D eigenvalue weighted by Crippen LogP contribution is 2.28. The SMILES string of the molecule is O=C(N[C@@H](CO)C(=O)N1CCN(c2ccc([N+](=O)[O-])cc2)CC1)c1ccc2c(c1)C(=O)c1ccccc1C2=O. The van der Waals surface area contributed by atoms with Gasteiger partial charge in [0.2, 0.25) is 5.91 Å². The molecule has 0 aromatic heterocycles. The quantitative estimate of drug-likeness (QED) is 0.284. The van der Waals surface area contributed by atoms with E-state index in [9.17, 15) is 34.4 Å². The van der Waals surface area contributed by atoms with Crippen molar-refractivity contribution in [2.75, 3.05) is 37.7 Å². The summed E-state index contributed by atoms with van der Waals surface area (Å²) in [6.07, 6.45) is 0. The zero-order chi connectivity index (χ0) is 27.7. The number of ketones is 2. The van der Waals surface area contributed by atoms with Gasteiger partial charge >= 0.3 is 0 Å². The van der Waals surface area contributed by atoms with Crippen LogP contribution in [-0.4, -0.2) is 77.1 Å². The lowest BCUT2D eigenvalue weighted by atomic mass is 9.83. The molecule has 3 aromatic rings. The number of amides is 2. The summed E-state index contributed by atoms with van der Waals surface area (Å²) in [5, 5.41) is 23.3. The van der Waals surface area contributed by atoms with Crippen molar-refractivity contribution in [3.05, 3.63) is 105 Å². The molecule has 11 heteroatoms. The number of aliphatic hydroxyl groups excluding tert-OH is 1. The molecule has 11 nitrogen and oxygen atoms in total. The van der Waals surface area contributed by atoms with E-state index in [2.05, 4.69) is 5.32 Å². The lowest BCUT2D eigenvalue weighted by Crippen LogP contribution is -2.56. The number of non-ortho nitro benzene ring substituents is 1. The standard InChI is InChI=1S/C28H24N4O7/c33-16-24(28(37)31-13-11-30(12-14-31)18-6-8-19(9-7-18)32(38)39)29-27(36)17-5-10-22-23(15-17)26(35)21-4-2-1-3-20(21)25(22)34/h1-10,15,24,33H,11-14,16H2,(H,29,36)/t24-/m0/s1. The number of carbonyl (C=O) groups excluding carboxylic acids is 4. The number of fused-ring (bicyclic) bond motifs is 2. The number of anilines is 1. The van der Waals surface area contributed by atoms with Gasteiger partial charge in [0, 0.05) is 71.8 Å². The summed E-state index contributed by atoms with van der Waals surface area (Å²) in [7, 11) is 0. The predicted molar refractivity (Wildman–Crippen MR) is 140 cm³/mol. The van der Waals surface area contributed by atoms with Gasteiger partial charge in [0.15, 0.2) is 11.6 Å². The van der Waals surface area contributed by atoms with Gasteiger partial charge in [-0.25, -0.2) is 0 Å². The van der Waals surface area contributed by atoms with E-state index in [1.807, 2.05) is 4.90 Å². The van der Waals surface area contributed by atoms with Crippen LogP contribution in [0.4, 0.5) is 11.4 Å². The third kappa shape index (κ3) is 4.87. The summed E-state index contributed by atoms with van der Waals surface area (Å²) in [6.45, 7) is 0.979. The first-order valence-electron chi connectivity index (χ1n) is 12.3. The maximum absolute atomic E-state index is 13.1. The fraction of sp³-hybridized carbons (Fsp3) is 0.214. The second-order valence-electron chi connectivity index (χ2n) is 9.26. The van der Waals surface area contributed by atoms with E-state index >= 15 is 0 Å². The number of aliphatic hydroxyl groups is 1.